The van der Waals surface area contributed by atoms with Crippen LogP contribution in [0.3, 0.4) is 0 Å². The van der Waals surface area contributed by atoms with Crippen LogP contribution >= 0.6 is 0 Å². The van der Waals surface area contributed by atoms with Crippen LogP contribution in [0, 0.1) is 0 Å². The molecule has 1 fully saturated rings. The number of methoxy groups -OCH3 is 1. The van der Waals surface area contributed by atoms with Crippen molar-refractivity contribution >= 4 is 17.5 Å². The van der Waals surface area contributed by atoms with Gasteiger partial charge in [-0.2, -0.15) is 5.10 Å². The minimum Gasteiger partial charge on any atom is -0.480 e. The number of aromatic nitrogens is 3. The molecule has 1 saturated heterocycles. The maximum atomic E-state index is 13.3. The minimum atomic E-state index is -0.180. The first-order valence-corrected chi connectivity index (χ1v) is 10.9. The van der Waals surface area contributed by atoms with Crippen molar-refractivity contribution < 1.29 is 14.3 Å². The number of hydrogen-bond donors (Lipinski definition) is 1. The third kappa shape index (κ3) is 3.51. The lowest BCUT2D eigenvalue weighted by atomic mass is 9.98. The normalized spacial score (nSPS) is 17.8. The number of rotatable bonds is 4. The summed E-state index contributed by atoms with van der Waals surface area (Å²) in [5, 5.41) is 7.35. The molecule has 2 amide bonds. The molecule has 0 spiro atoms. The first-order chi connectivity index (χ1) is 15.7. The molecule has 1 atom stereocenters. The fraction of sp³-hybridized carbons (Fsp3) is 0.333. The Kier molecular flexibility index (Phi) is 5.34. The zero-order chi connectivity index (χ0) is 22.1. The van der Waals surface area contributed by atoms with Crippen molar-refractivity contribution in [3.05, 3.63) is 71.2 Å². The lowest BCUT2D eigenvalue weighted by molar-refractivity contribution is 0.0601. The van der Waals surface area contributed by atoms with E-state index in [0.29, 0.717) is 30.2 Å². The number of likely N-dealkylation sites (tertiary alicyclic amines) is 1. The summed E-state index contributed by atoms with van der Waals surface area (Å²) < 4.78 is 5.29. The topological polar surface area (TPSA) is 91.4 Å². The van der Waals surface area contributed by atoms with Gasteiger partial charge in [0.1, 0.15) is 5.56 Å². The lowest BCUT2D eigenvalue weighted by Gasteiger charge is -2.35. The Morgan fingerprint density at radius 2 is 1.97 bits per heavy atom. The molecule has 1 aromatic carbocycles. The second-order valence-electron chi connectivity index (χ2n) is 8.11. The van der Waals surface area contributed by atoms with E-state index in [0.717, 1.165) is 37.1 Å². The van der Waals surface area contributed by atoms with E-state index < -0.39 is 0 Å². The predicted molar refractivity (Wildman–Crippen MR) is 119 cm³/mol. The van der Waals surface area contributed by atoms with E-state index in [1.54, 1.807) is 29.3 Å². The molecule has 0 aliphatic carbocycles. The van der Waals surface area contributed by atoms with Crippen molar-refractivity contribution in [2.45, 2.75) is 31.7 Å². The molecule has 5 rings (SSSR count). The van der Waals surface area contributed by atoms with Gasteiger partial charge in [-0.1, -0.05) is 18.2 Å². The number of fused-ring (bicyclic) bond motifs is 1. The van der Waals surface area contributed by atoms with Crippen LogP contribution in [-0.2, 0) is 6.42 Å². The Morgan fingerprint density at radius 1 is 1.09 bits per heavy atom. The molecule has 1 unspecified atom stereocenters. The van der Waals surface area contributed by atoms with Crippen molar-refractivity contribution in [2.75, 3.05) is 25.1 Å². The molecule has 3 aromatic rings. The first kappa shape index (κ1) is 20.2. The van der Waals surface area contributed by atoms with Gasteiger partial charge in [-0.25, -0.2) is 4.98 Å². The number of amides is 2. The van der Waals surface area contributed by atoms with E-state index in [9.17, 15) is 9.59 Å². The number of nitrogens with zero attached hydrogens (tertiary/aromatic N) is 4. The number of carbonyl (C=O) groups is 2. The highest BCUT2D eigenvalue weighted by Crippen LogP contribution is 2.33. The molecular weight excluding hydrogens is 406 g/mol. The van der Waals surface area contributed by atoms with Crippen LogP contribution < -0.4 is 9.64 Å². The van der Waals surface area contributed by atoms with Crippen LogP contribution in [0.5, 0.6) is 5.88 Å². The Balaban J connectivity index is 1.40. The molecule has 2 aromatic heterocycles. The van der Waals surface area contributed by atoms with E-state index in [1.165, 1.54) is 12.7 Å². The number of carbonyl (C=O) groups excluding carboxylic acids is 2. The average Bonchev–Trinajstić information content (AvgIpc) is 3.51. The van der Waals surface area contributed by atoms with E-state index in [-0.39, 0.29) is 17.9 Å². The molecule has 0 bridgehead atoms. The van der Waals surface area contributed by atoms with Crippen molar-refractivity contribution in [3.8, 4) is 5.88 Å². The number of pyridine rings is 1. The van der Waals surface area contributed by atoms with Gasteiger partial charge >= 0.3 is 0 Å². The molecule has 8 heteroatoms. The molecule has 2 aliphatic heterocycles. The third-order valence-corrected chi connectivity index (χ3v) is 6.27. The molecule has 4 heterocycles. The Labute approximate surface area is 186 Å². The molecule has 8 nitrogen and oxygen atoms in total. The summed E-state index contributed by atoms with van der Waals surface area (Å²) in [6.45, 7) is 1.28. The van der Waals surface area contributed by atoms with E-state index in [1.807, 2.05) is 23.1 Å². The maximum Gasteiger partial charge on any atom is 0.278 e. The van der Waals surface area contributed by atoms with Gasteiger partial charge in [0.2, 0.25) is 5.88 Å². The second-order valence-corrected chi connectivity index (χ2v) is 8.11. The van der Waals surface area contributed by atoms with Gasteiger partial charge in [0.05, 0.1) is 18.8 Å². The molecular formula is C24H25N5O3. The summed E-state index contributed by atoms with van der Waals surface area (Å²) in [6, 6.07) is 13.0. The quantitative estimate of drug-likeness (QED) is 0.684. The summed E-state index contributed by atoms with van der Waals surface area (Å²) in [5.41, 5.74) is 3.70. The number of ether oxygens (including phenoxy) is 1. The highest BCUT2D eigenvalue weighted by Gasteiger charge is 2.33. The van der Waals surface area contributed by atoms with E-state index >= 15 is 0 Å². The van der Waals surface area contributed by atoms with Gasteiger partial charge in [-0.15, -0.1) is 0 Å². The minimum absolute atomic E-state index is 0.125. The van der Waals surface area contributed by atoms with Crippen molar-refractivity contribution in [2.24, 2.45) is 0 Å². The summed E-state index contributed by atoms with van der Waals surface area (Å²) in [6.07, 6.45) is 5.18. The monoisotopic (exact) mass is 431 g/mol. The van der Waals surface area contributed by atoms with Gasteiger partial charge in [0.15, 0.2) is 5.69 Å². The zero-order valence-corrected chi connectivity index (χ0v) is 18.0. The van der Waals surface area contributed by atoms with Crippen LogP contribution in [0.2, 0.25) is 0 Å². The Hall–Kier alpha value is -3.68. The fourth-order valence-electron chi connectivity index (χ4n) is 4.67. The molecule has 2 aliphatic rings. The van der Waals surface area contributed by atoms with Crippen molar-refractivity contribution in [1.82, 2.24) is 20.1 Å². The second kappa shape index (κ2) is 8.45. The fourth-order valence-corrected chi connectivity index (χ4v) is 4.67. The lowest BCUT2D eigenvalue weighted by Crippen LogP contribution is -2.39. The summed E-state index contributed by atoms with van der Waals surface area (Å²) in [7, 11) is 1.51. The number of anilines is 1. The van der Waals surface area contributed by atoms with Gasteiger partial charge in [0.25, 0.3) is 11.8 Å². The Morgan fingerprint density at radius 3 is 2.84 bits per heavy atom. The van der Waals surface area contributed by atoms with Gasteiger partial charge in [-0.05, 0) is 55.5 Å². The van der Waals surface area contributed by atoms with E-state index in [4.69, 9.17) is 4.74 Å². The summed E-state index contributed by atoms with van der Waals surface area (Å²) >= 11 is 0. The SMILES string of the molecule is COc1ncccc1C(=O)N1CCCCC1c1cc(C(=O)N2CCc3ccccc32)n[nH]1. The molecule has 0 saturated carbocycles. The smallest absolute Gasteiger partial charge is 0.278 e. The van der Waals surface area contributed by atoms with Crippen molar-refractivity contribution in [1.29, 1.82) is 0 Å². The van der Waals surface area contributed by atoms with E-state index in [2.05, 4.69) is 21.2 Å². The highest BCUT2D eigenvalue weighted by molar-refractivity contribution is 6.06. The standard InChI is InChI=1S/C24H25N5O3/c1-32-22-17(8-6-12-25-22)23(30)28-13-5-4-10-21(28)18-15-19(27-26-18)24(31)29-14-11-16-7-2-3-9-20(16)29/h2-3,6-9,12,15,21H,4-5,10-11,13-14H2,1H3,(H,26,27). The summed E-state index contributed by atoms with van der Waals surface area (Å²) in [5.74, 6) is 0.0608. The van der Waals surface area contributed by atoms with Crippen LogP contribution in [0.4, 0.5) is 5.69 Å². The average molecular weight is 431 g/mol. The van der Waals surface area contributed by atoms with Crippen LogP contribution in [0.15, 0.2) is 48.7 Å². The summed E-state index contributed by atoms with van der Waals surface area (Å²) in [4.78, 5) is 34.3. The largest absolute Gasteiger partial charge is 0.480 e. The zero-order valence-electron chi connectivity index (χ0n) is 18.0. The van der Waals surface area contributed by atoms with Crippen molar-refractivity contribution in [3.63, 3.8) is 0 Å². The van der Waals surface area contributed by atoms with Crippen LogP contribution in [0.1, 0.15) is 57.4 Å². The number of nitrogens with one attached hydrogen (secondary N) is 1. The Bertz CT molecular complexity index is 1160. The number of hydrogen-bond acceptors (Lipinski definition) is 5. The van der Waals surface area contributed by atoms with Crippen LogP contribution in [0.25, 0.3) is 0 Å². The predicted octanol–water partition coefficient (Wildman–Crippen LogP) is 3.38. The number of H-pyrrole nitrogens is 1. The number of piperidine rings is 1. The molecule has 164 valence electrons. The first-order valence-electron chi connectivity index (χ1n) is 10.9. The molecule has 1 N–H and O–H groups in total. The highest BCUT2D eigenvalue weighted by atomic mass is 16.5. The maximum absolute atomic E-state index is 13.3. The van der Waals surface area contributed by atoms with Gasteiger partial charge in [0, 0.05) is 25.0 Å². The molecule has 0 radical (unpaired) electrons. The number of benzene rings is 1. The van der Waals surface area contributed by atoms with Gasteiger partial charge < -0.3 is 14.5 Å². The number of aromatic amines is 1. The van der Waals surface area contributed by atoms with Gasteiger partial charge in [-0.3, -0.25) is 14.7 Å². The molecule has 32 heavy (non-hydrogen) atoms. The van der Waals surface area contributed by atoms with Crippen LogP contribution in [-0.4, -0.2) is 52.1 Å². The third-order valence-electron chi connectivity index (χ3n) is 6.27. The number of para-hydroxylation sites is 1.